The topological polar surface area (TPSA) is 55.0 Å². The Bertz CT molecular complexity index is 571. The van der Waals surface area contributed by atoms with Gasteiger partial charge in [-0.25, -0.2) is 9.97 Å². The van der Waals surface area contributed by atoms with Gasteiger partial charge in [0.25, 0.3) is 0 Å². The Morgan fingerprint density at radius 1 is 1.25 bits per heavy atom. The predicted octanol–water partition coefficient (Wildman–Crippen LogP) is 3.05. The highest BCUT2D eigenvalue weighted by atomic mass is 32.1. The van der Waals surface area contributed by atoms with Crippen LogP contribution in [0.3, 0.4) is 0 Å². The molecule has 4 nitrogen and oxygen atoms in total. The van der Waals surface area contributed by atoms with Gasteiger partial charge in [-0.2, -0.15) is 0 Å². The average molecular weight is 286 g/mol. The zero-order chi connectivity index (χ0) is 14.4. The lowest BCUT2D eigenvalue weighted by Crippen LogP contribution is -2.22. The van der Waals surface area contributed by atoms with Crippen LogP contribution in [0.2, 0.25) is 0 Å². The number of rotatable bonds is 6. The van der Waals surface area contributed by atoms with Gasteiger partial charge in [-0.3, -0.25) is 0 Å². The summed E-state index contributed by atoms with van der Waals surface area (Å²) in [6.45, 7) is 3.02. The molecule has 0 aliphatic heterocycles. The Morgan fingerprint density at radius 2 is 2.00 bits per heavy atom. The van der Waals surface area contributed by atoms with Crippen molar-refractivity contribution in [1.29, 1.82) is 0 Å². The average Bonchev–Trinajstić information content (AvgIpc) is 2.49. The lowest BCUT2D eigenvalue weighted by atomic mass is 10.2. The van der Waals surface area contributed by atoms with Crippen LogP contribution in [0.4, 0.5) is 11.6 Å². The van der Waals surface area contributed by atoms with Gasteiger partial charge >= 0.3 is 0 Å². The van der Waals surface area contributed by atoms with Gasteiger partial charge in [0.2, 0.25) is 5.95 Å². The largest absolute Gasteiger partial charge is 0.388 e. The number of hydrogen-bond donors (Lipinski definition) is 1. The van der Waals surface area contributed by atoms with E-state index in [1.165, 1.54) is 0 Å². The van der Waals surface area contributed by atoms with Crippen molar-refractivity contribution in [3.63, 3.8) is 0 Å². The maximum absolute atomic E-state index is 5.64. The highest BCUT2D eigenvalue weighted by molar-refractivity contribution is 7.80. The van der Waals surface area contributed by atoms with Gasteiger partial charge in [0.1, 0.15) is 10.7 Å². The molecule has 1 aromatic heterocycles. The van der Waals surface area contributed by atoms with Crippen LogP contribution in [0.15, 0.2) is 42.6 Å². The fourth-order valence-electron chi connectivity index (χ4n) is 1.88. The second-order valence-electron chi connectivity index (χ2n) is 4.45. The van der Waals surface area contributed by atoms with Crippen LogP contribution < -0.4 is 10.6 Å². The minimum atomic E-state index is 0.289. The molecular weight excluding hydrogens is 268 g/mol. The molecule has 0 atom stereocenters. The molecule has 0 fully saturated rings. The van der Waals surface area contributed by atoms with E-state index in [1.54, 1.807) is 12.3 Å². The molecule has 1 aromatic carbocycles. The third kappa shape index (κ3) is 3.51. The smallest absolute Gasteiger partial charge is 0.230 e. The number of nitrogens with two attached hydrogens (primary N) is 1. The normalized spacial score (nSPS) is 10.2. The molecule has 0 amide bonds. The Hall–Kier alpha value is -2.01. The van der Waals surface area contributed by atoms with Crippen LogP contribution in [0.25, 0.3) is 0 Å². The molecule has 0 bridgehead atoms. The number of aromatic nitrogens is 2. The third-order valence-electron chi connectivity index (χ3n) is 2.94. The minimum Gasteiger partial charge on any atom is -0.388 e. The minimum absolute atomic E-state index is 0.289. The molecule has 1 heterocycles. The van der Waals surface area contributed by atoms with Crippen LogP contribution in [0.5, 0.6) is 0 Å². The number of hydrogen-bond acceptors (Lipinski definition) is 4. The molecule has 0 spiro atoms. The first kappa shape index (κ1) is 14.4. The first-order valence-electron chi connectivity index (χ1n) is 6.68. The molecular formula is C15H18N4S. The molecule has 5 heteroatoms. The summed E-state index contributed by atoms with van der Waals surface area (Å²) in [6.07, 6.45) is 3.87. The fraction of sp³-hybridized carbons (Fsp3) is 0.267. The van der Waals surface area contributed by atoms with E-state index in [0.717, 1.165) is 25.1 Å². The lowest BCUT2D eigenvalue weighted by Gasteiger charge is -2.22. The fourth-order valence-corrected chi connectivity index (χ4v) is 2.00. The van der Waals surface area contributed by atoms with E-state index >= 15 is 0 Å². The third-order valence-corrected chi connectivity index (χ3v) is 3.15. The van der Waals surface area contributed by atoms with Crippen LogP contribution in [0, 0.1) is 0 Å². The van der Waals surface area contributed by atoms with Gasteiger partial charge < -0.3 is 10.6 Å². The molecule has 0 saturated heterocycles. The highest BCUT2D eigenvalue weighted by Crippen LogP contribution is 2.22. The van der Waals surface area contributed by atoms with E-state index in [-0.39, 0.29) is 4.99 Å². The van der Waals surface area contributed by atoms with E-state index in [9.17, 15) is 0 Å². The summed E-state index contributed by atoms with van der Waals surface area (Å²) >= 11 is 4.98. The Kier molecular flexibility index (Phi) is 5.01. The van der Waals surface area contributed by atoms with E-state index in [2.05, 4.69) is 21.8 Å². The van der Waals surface area contributed by atoms with Crippen molar-refractivity contribution in [2.24, 2.45) is 5.73 Å². The van der Waals surface area contributed by atoms with Crippen molar-refractivity contribution in [3.8, 4) is 0 Å². The molecule has 0 saturated carbocycles. The summed E-state index contributed by atoms with van der Waals surface area (Å²) in [6, 6.07) is 11.8. The van der Waals surface area contributed by atoms with Crippen LogP contribution in [-0.4, -0.2) is 21.5 Å². The Morgan fingerprint density at radius 3 is 2.65 bits per heavy atom. The molecule has 104 valence electrons. The van der Waals surface area contributed by atoms with Crippen molar-refractivity contribution >= 4 is 28.8 Å². The predicted molar refractivity (Wildman–Crippen MR) is 86.3 cm³/mol. The van der Waals surface area contributed by atoms with Crippen molar-refractivity contribution in [2.75, 3.05) is 11.4 Å². The zero-order valence-corrected chi connectivity index (χ0v) is 12.3. The van der Waals surface area contributed by atoms with Gasteiger partial charge in [-0.15, -0.1) is 0 Å². The molecule has 2 N–H and O–H groups in total. The van der Waals surface area contributed by atoms with Gasteiger partial charge in [0.15, 0.2) is 0 Å². The number of unbranched alkanes of at least 4 members (excludes halogenated alkanes) is 1. The summed E-state index contributed by atoms with van der Waals surface area (Å²) in [5.41, 5.74) is 7.31. The van der Waals surface area contributed by atoms with Crippen molar-refractivity contribution < 1.29 is 0 Å². The maximum Gasteiger partial charge on any atom is 0.230 e. The van der Waals surface area contributed by atoms with Crippen LogP contribution in [0.1, 0.15) is 25.5 Å². The van der Waals surface area contributed by atoms with E-state index in [0.29, 0.717) is 11.6 Å². The Labute approximate surface area is 124 Å². The molecule has 2 rings (SSSR count). The highest BCUT2D eigenvalue weighted by Gasteiger charge is 2.12. The van der Waals surface area contributed by atoms with E-state index in [1.807, 2.05) is 30.3 Å². The summed E-state index contributed by atoms with van der Waals surface area (Å²) in [7, 11) is 0. The number of benzene rings is 1. The summed E-state index contributed by atoms with van der Waals surface area (Å²) in [4.78, 5) is 11.2. The lowest BCUT2D eigenvalue weighted by molar-refractivity contribution is 0.770. The van der Waals surface area contributed by atoms with E-state index < -0.39 is 0 Å². The second-order valence-corrected chi connectivity index (χ2v) is 4.89. The van der Waals surface area contributed by atoms with Crippen molar-refractivity contribution in [1.82, 2.24) is 9.97 Å². The summed E-state index contributed by atoms with van der Waals surface area (Å²) < 4.78 is 0. The van der Waals surface area contributed by atoms with Gasteiger partial charge in [-0.1, -0.05) is 43.8 Å². The van der Waals surface area contributed by atoms with E-state index in [4.69, 9.17) is 18.0 Å². The molecule has 0 aliphatic carbocycles. The SMILES string of the molecule is CCCCN(c1ccccc1)c1nccc(C(N)=S)n1. The van der Waals surface area contributed by atoms with Crippen molar-refractivity contribution in [3.05, 3.63) is 48.3 Å². The standard InChI is InChI=1S/C15H18N4S/c1-2-3-11-19(12-7-5-4-6-8-12)15-17-10-9-13(18-15)14(16)20/h4-10H,2-3,11H2,1H3,(H2,16,20). The number of thiocarbonyl (C=S) groups is 1. The zero-order valence-electron chi connectivity index (χ0n) is 11.5. The first-order valence-corrected chi connectivity index (χ1v) is 7.08. The van der Waals surface area contributed by atoms with Gasteiger partial charge in [-0.05, 0) is 24.6 Å². The summed E-state index contributed by atoms with van der Waals surface area (Å²) in [5.74, 6) is 0.634. The Balaban J connectivity index is 2.36. The monoisotopic (exact) mass is 286 g/mol. The molecule has 20 heavy (non-hydrogen) atoms. The molecule has 2 aromatic rings. The maximum atomic E-state index is 5.64. The number of anilines is 2. The van der Waals surface area contributed by atoms with Gasteiger partial charge in [0.05, 0.1) is 0 Å². The number of nitrogens with zero attached hydrogens (tertiary/aromatic N) is 3. The van der Waals surface area contributed by atoms with Crippen LogP contribution >= 0.6 is 12.2 Å². The van der Waals surface area contributed by atoms with Crippen LogP contribution in [-0.2, 0) is 0 Å². The second kappa shape index (κ2) is 6.96. The quantitative estimate of drug-likeness (QED) is 0.827. The summed E-state index contributed by atoms with van der Waals surface area (Å²) in [5, 5.41) is 0. The van der Waals surface area contributed by atoms with Gasteiger partial charge in [0, 0.05) is 18.4 Å². The molecule has 0 radical (unpaired) electrons. The molecule has 0 unspecified atom stereocenters. The first-order chi connectivity index (χ1) is 9.72. The van der Waals surface area contributed by atoms with Crippen molar-refractivity contribution in [2.45, 2.75) is 19.8 Å². The number of para-hydroxylation sites is 1. The molecule has 0 aliphatic rings.